The summed E-state index contributed by atoms with van der Waals surface area (Å²) in [5.41, 5.74) is -0.406. The zero-order valence-electron chi connectivity index (χ0n) is 13.0. The van der Waals surface area contributed by atoms with Crippen LogP contribution in [0, 0.1) is 5.92 Å². The van der Waals surface area contributed by atoms with Crippen LogP contribution in [0.25, 0.3) is 0 Å². The molecule has 0 aliphatic heterocycles. The molecule has 0 bridgehead atoms. The Morgan fingerprint density at radius 2 is 2.24 bits per heavy atom. The molecule has 0 spiro atoms. The molecule has 0 aromatic rings. The van der Waals surface area contributed by atoms with Crippen LogP contribution < -0.4 is 5.32 Å². The molecule has 0 aromatic heterocycles. The van der Waals surface area contributed by atoms with E-state index < -0.39 is 5.60 Å². The van der Waals surface area contributed by atoms with Crippen molar-refractivity contribution < 1.29 is 10.2 Å². The van der Waals surface area contributed by atoms with Gasteiger partial charge in [0.1, 0.15) is 5.76 Å². The first-order valence-corrected chi connectivity index (χ1v) is 7.88. The van der Waals surface area contributed by atoms with Crippen molar-refractivity contribution in [1.82, 2.24) is 5.32 Å². The molecule has 1 rings (SSSR count). The topological polar surface area (TPSA) is 52.5 Å². The number of aliphatic hydroxyl groups is 2. The molecule has 3 nitrogen and oxygen atoms in total. The number of thioether (sulfide) groups is 1. The molecule has 0 amide bonds. The molecule has 0 fully saturated rings. The van der Waals surface area contributed by atoms with Crippen LogP contribution in [0.4, 0.5) is 0 Å². The van der Waals surface area contributed by atoms with Crippen LogP contribution in [0.15, 0.2) is 59.9 Å². The first-order valence-electron chi connectivity index (χ1n) is 7.00. The van der Waals surface area contributed by atoms with Crippen LogP contribution in [0.5, 0.6) is 0 Å². The maximum atomic E-state index is 10.6. The van der Waals surface area contributed by atoms with Crippen LogP contribution in [0.1, 0.15) is 20.3 Å². The molecule has 21 heavy (non-hydrogen) atoms. The van der Waals surface area contributed by atoms with Gasteiger partial charge in [-0.25, -0.2) is 0 Å². The molecule has 0 heterocycles. The van der Waals surface area contributed by atoms with Gasteiger partial charge in [-0.2, -0.15) is 0 Å². The minimum atomic E-state index is -1.04. The van der Waals surface area contributed by atoms with Gasteiger partial charge in [0.25, 0.3) is 0 Å². The predicted octanol–water partition coefficient (Wildman–Crippen LogP) is 3.68. The first-order chi connectivity index (χ1) is 9.87. The fraction of sp³-hybridized carbons (Fsp3) is 0.412. The van der Waals surface area contributed by atoms with E-state index in [1.54, 1.807) is 37.9 Å². The Hall–Kier alpha value is -1.39. The van der Waals surface area contributed by atoms with Gasteiger partial charge < -0.3 is 15.5 Å². The molecule has 3 atom stereocenters. The van der Waals surface area contributed by atoms with Gasteiger partial charge in [-0.15, -0.1) is 18.3 Å². The van der Waals surface area contributed by atoms with E-state index in [4.69, 9.17) is 0 Å². The van der Waals surface area contributed by atoms with Crippen molar-refractivity contribution in [3.8, 4) is 0 Å². The lowest BCUT2D eigenvalue weighted by molar-refractivity contribution is 0.112. The van der Waals surface area contributed by atoms with Gasteiger partial charge >= 0.3 is 0 Å². The van der Waals surface area contributed by atoms with Crippen molar-refractivity contribution in [2.24, 2.45) is 5.92 Å². The van der Waals surface area contributed by atoms with Gasteiger partial charge in [0.05, 0.1) is 16.5 Å². The molecule has 0 radical (unpaired) electrons. The molecule has 0 saturated heterocycles. The summed E-state index contributed by atoms with van der Waals surface area (Å²) < 4.78 is 0. The number of hydrogen-bond donors (Lipinski definition) is 3. The van der Waals surface area contributed by atoms with E-state index in [-0.39, 0.29) is 16.9 Å². The monoisotopic (exact) mass is 307 g/mol. The smallest absolute Gasteiger partial charge is 0.135 e. The highest BCUT2D eigenvalue weighted by atomic mass is 32.2. The van der Waals surface area contributed by atoms with Crippen LogP contribution in [-0.4, -0.2) is 28.1 Å². The SMILES string of the molecule is C=C/C=C(\SC1C(NC)=C(O)C=CC1(C)O)C(C)CC=C. The lowest BCUT2D eigenvalue weighted by Crippen LogP contribution is -2.42. The summed E-state index contributed by atoms with van der Waals surface area (Å²) in [5.74, 6) is 0.448. The second-order valence-electron chi connectivity index (χ2n) is 5.34. The molecule has 3 N–H and O–H groups in total. The van der Waals surface area contributed by atoms with E-state index in [2.05, 4.69) is 25.4 Å². The summed E-state index contributed by atoms with van der Waals surface area (Å²) in [6.45, 7) is 11.4. The second kappa shape index (κ2) is 7.57. The molecule has 3 unspecified atom stereocenters. The minimum absolute atomic E-state index is 0.163. The van der Waals surface area contributed by atoms with Gasteiger partial charge in [-0.1, -0.05) is 31.7 Å². The minimum Gasteiger partial charge on any atom is -0.506 e. The average Bonchev–Trinajstić information content (AvgIpc) is 2.43. The van der Waals surface area contributed by atoms with E-state index in [1.165, 1.54) is 6.08 Å². The quantitative estimate of drug-likeness (QED) is 0.496. The van der Waals surface area contributed by atoms with Crippen LogP contribution in [-0.2, 0) is 0 Å². The fourth-order valence-corrected chi connectivity index (χ4v) is 3.68. The maximum Gasteiger partial charge on any atom is 0.135 e. The Bertz CT molecular complexity index is 489. The van der Waals surface area contributed by atoms with Crippen molar-refractivity contribution in [2.75, 3.05) is 7.05 Å². The summed E-state index contributed by atoms with van der Waals surface area (Å²) in [7, 11) is 1.75. The zero-order chi connectivity index (χ0) is 16.0. The van der Waals surface area contributed by atoms with E-state index in [0.29, 0.717) is 5.70 Å². The van der Waals surface area contributed by atoms with E-state index >= 15 is 0 Å². The van der Waals surface area contributed by atoms with Crippen LogP contribution in [0.3, 0.4) is 0 Å². The molecule has 1 aliphatic rings. The third-order valence-corrected chi connectivity index (χ3v) is 5.22. The first kappa shape index (κ1) is 17.7. The summed E-state index contributed by atoms with van der Waals surface area (Å²) in [4.78, 5) is 1.10. The van der Waals surface area contributed by atoms with Crippen molar-refractivity contribution in [3.05, 3.63) is 59.9 Å². The Kier molecular flexibility index (Phi) is 6.37. The van der Waals surface area contributed by atoms with Crippen LogP contribution >= 0.6 is 11.8 Å². The third kappa shape index (κ3) is 4.29. The number of aliphatic hydroxyl groups excluding tert-OH is 1. The van der Waals surface area contributed by atoms with Gasteiger partial charge in [0, 0.05) is 7.05 Å². The van der Waals surface area contributed by atoms with Crippen molar-refractivity contribution >= 4 is 11.8 Å². The number of hydrogen-bond acceptors (Lipinski definition) is 4. The lowest BCUT2D eigenvalue weighted by Gasteiger charge is -2.35. The van der Waals surface area contributed by atoms with Crippen molar-refractivity contribution in [3.63, 3.8) is 0 Å². The highest BCUT2D eigenvalue weighted by Gasteiger charge is 2.38. The van der Waals surface area contributed by atoms with Crippen molar-refractivity contribution in [1.29, 1.82) is 0 Å². The Morgan fingerprint density at radius 3 is 2.76 bits per heavy atom. The van der Waals surface area contributed by atoms with E-state index in [1.807, 2.05) is 12.2 Å². The largest absolute Gasteiger partial charge is 0.506 e. The maximum absolute atomic E-state index is 10.6. The van der Waals surface area contributed by atoms with Gasteiger partial charge in [-0.3, -0.25) is 0 Å². The second-order valence-corrected chi connectivity index (χ2v) is 6.51. The van der Waals surface area contributed by atoms with Gasteiger partial charge in [0.15, 0.2) is 0 Å². The van der Waals surface area contributed by atoms with E-state index in [0.717, 1.165) is 11.3 Å². The standard InChI is InChI=1S/C17H25NO2S/c1-6-8-12(3)14(9-7-2)21-16-15(18-5)13(19)10-11-17(16,4)20/h6-7,9-12,16,18-20H,1-2,8H2,3-5H3/b14-9-. The fourth-order valence-electron chi connectivity index (χ4n) is 2.23. The van der Waals surface area contributed by atoms with Crippen LogP contribution in [0.2, 0.25) is 0 Å². The summed E-state index contributed by atoms with van der Waals surface area (Å²) in [6, 6.07) is 0. The molecular weight excluding hydrogens is 282 g/mol. The highest BCUT2D eigenvalue weighted by Crippen LogP contribution is 2.41. The number of allylic oxidation sites excluding steroid dienone is 5. The molecule has 116 valence electrons. The predicted molar refractivity (Wildman–Crippen MR) is 92.1 cm³/mol. The average molecular weight is 307 g/mol. The molecule has 0 saturated carbocycles. The molecular formula is C17H25NO2S. The summed E-state index contributed by atoms with van der Waals surface area (Å²) in [5, 5.41) is 23.3. The van der Waals surface area contributed by atoms with Gasteiger partial charge in [-0.05, 0) is 36.3 Å². The normalized spacial score (nSPS) is 27.4. The Balaban J connectivity index is 3.10. The highest BCUT2D eigenvalue weighted by molar-refractivity contribution is 8.03. The number of nitrogens with one attached hydrogen (secondary N) is 1. The van der Waals surface area contributed by atoms with Gasteiger partial charge in [0.2, 0.25) is 0 Å². The van der Waals surface area contributed by atoms with E-state index in [9.17, 15) is 10.2 Å². The Morgan fingerprint density at radius 1 is 1.57 bits per heavy atom. The number of rotatable bonds is 7. The Labute approximate surface area is 131 Å². The molecule has 4 heteroatoms. The molecule has 0 aromatic carbocycles. The third-order valence-electron chi connectivity index (χ3n) is 3.46. The summed E-state index contributed by atoms with van der Waals surface area (Å²) >= 11 is 1.54. The van der Waals surface area contributed by atoms with Crippen molar-refractivity contribution in [2.45, 2.75) is 31.1 Å². The molecule has 1 aliphatic carbocycles. The lowest BCUT2D eigenvalue weighted by atomic mass is 9.94. The zero-order valence-corrected chi connectivity index (χ0v) is 13.8. The summed E-state index contributed by atoms with van der Waals surface area (Å²) in [6.07, 6.45) is 9.60.